The Bertz CT molecular complexity index is 1050. The van der Waals surface area contributed by atoms with Crippen molar-refractivity contribution in [3.8, 4) is 28.3 Å². The second kappa shape index (κ2) is 5.07. The van der Waals surface area contributed by atoms with Crippen molar-refractivity contribution in [2.24, 2.45) is 7.05 Å². The topological polar surface area (TPSA) is 83.2 Å². The molecule has 4 rings (SSSR count). The Morgan fingerprint density at radius 2 is 2.00 bits per heavy atom. The van der Waals surface area contributed by atoms with Crippen LogP contribution in [0.25, 0.3) is 33.3 Å². The quantitative estimate of drug-likeness (QED) is 0.617. The van der Waals surface area contributed by atoms with Crippen molar-refractivity contribution >= 4 is 11.0 Å². The Hall–Kier alpha value is -3.46. The zero-order chi connectivity index (χ0) is 15.8. The average molecular weight is 300 g/mol. The summed E-state index contributed by atoms with van der Waals surface area (Å²) in [7, 11) is 1.89. The maximum Gasteiger partial charge on any atom is 0.137 e. The van der Waals surface area contributed by atoms with Gasteiger partial charge in [0.05, 0.1) is 11.8 Å². The molecule has 0 unspecified atom stereocenters. The lowest BCUT2D eigenvalue weighted by Gasteiger charge is -2.01. The van der Waals surface area contributed by atoms with Gasteiger partial charge in [0.15, 0.2) is 0 Å². The largest absolute Gasteiger partial charge is 0.346 e. The molecule has 0 radical (unpaired) electrons. The van der Waals surface area contributed by atoms with Crippen molar-refractivity contribution in [1.29, 1.82) is 5.26 Å². The summed E-state index contributed by atoms with van der Waals surface area (Å²) < 4.78 is 1.76. The average Bonchev–Trinajstić information content (AvgIpc) is 3.20. The molecule has 0 aliphatic rings. The molecule has 0 saturated carbocycles. The van der Waals surface area contributed by atoms with Gasteiger partial charge in [0.1, 0.15) is 11.7 Å². The number of H-pyrrole nitrogens is 1. The van der Waals surface area contributed by atoms with Crippen LogP contribution in [0.15, 0.2) is 49.3 Å². The highest BCUT2D eigenvalue weighted by Gasteiger charge is 2.10. The van der Waals surface area contributed by atoms with Crippen molar-refractivity contribution in [2.45, 2.75) is 0 Å². The summed E-state index contributed by atoms with van der Waals surface area (Å²) in [5.41, 5.74) is 5.21. The molecule has 0 bridgehead atoms. The molecule has 23 heavy (non-hydrogen) atoms. The molecule has 1 N–H and O–H groups in total. The minimum absolute atomic E-state index is 0.535. The second-order valence-corrected chi connectivity index (χ2v) is 5.30. The number of hydrogen-bond donors (Lipinski definition) is 1. The fourth-order valence-electron chi connectivity index (χ4n) is 2.62. The third-order valence-electron chi connectivity index (χ3n) is 3.75. The summed E-state index contributed by atoms with van der Waals surface area (Å²) >= 11 is 0. The first kappa shape index (κ1) is 13.2. The maximum atomic E-state index is 9.05. The van der Waals surface area contributed by atoms with Crippen LogP contribution < -0.4 is 0 Å². The van der Waals surface area contributed by atoms with E-state index in [0.29, 0.717) is 5.56 Å². The van der Waals surface area contributed by atoms with Gasteiger partial charge in [-0.15, -0.1) is 0 Å². The number of pyridine rings is 2. The number of aromatic amines is 1. The van der Waals surface area contributed by atoms with Gasteiger partial charge in [0, 0.05) is 65.7 Å². The van der Waals surface area contributed by atoms with Crippen molar-refractivity contribution in [3.63, 3.8) is 0 Å². The molecular formula is C17H12N6. The van der Waals surface area contributed by atoms with E-state index in [2.05, 4.69) is 32.2 Å². The number of rotatable bonds is 2. The molecule has 0 amide bonds. The molecule has 0 atom stereocenters. The first-order valence-corrected chi connectivity index (χ1v) is 7.06. The number of nitriles is 1. The predicted octanol–water partition coefficient (Wildman–Crippen LogP) is 2.90. The summed E-state index contributed by atoms with van der Waals surface area (Å²) in [6.45, 7) is 0. The van der Waals surface area contributed by atoms with E-state index in [1.165, 1.54) is 0 Å². The van der Waals surface area contributed by atoms with E-state index in [1.807, 2.05) is 37.9 Å². The molecule has 0 saturated heterocycles. The predicted molar refractivity (Wildman–Crippen MR) is 86.2 cm³/mol. The van der Waals surface area contributed by atoms with Crippen LogP contribution in [0.4, 0.5) is 0 Å². The van der Waals surface area contributed by atoms with E-state index < -0.39 is 0 Å². The van der Waals surface area contributed by atoms with Crippen molar-refractivity contribution in [1.82, 2.24) is 24.7 Å². The van der Waals surface area contributed by atoms with Gasteiger partial charge in [-0.2, -0.15) is 10.4 Å². The molecule has 0 spiro atoms. The van der Waals surface area contributed by atoms with Gasteiger partial charge >= 0.3 is 0 Å². The number of aromatic nitrogens is 5. The number of aryl methyl sites for hydroxylation is 1. The molecule has 0 aliphatic heterocycles. The number of nitrogens with zero attached hydrogens (tertiary/aromatic N) is 5. The third kappa shape index (κ3) is 2.24. The fraction of sp³-hybridized carbons (Fsp3) is 0.0588. The summed E-state index contributed by atoms with van der Waals surface area (Å²) in [6, 6.07) is 6.02. The normalized spacial score (nSPS) is 10.8. The molecule has 0 aliphatic carbocycles. The van der Waals surface area contributed by atoms with E-state index in [9.17, 15) is 0 Å². The van der Waals surface area contributed by atoms with E-state index >= 15 is 0 Å². The summed E-state index contributed by atoms with van der Waals surface area (Å²) in [4.78, 5) is 11.8. The van der Waals surface area contributed by atoms with E-state index in [-0.39, 0.29) is 0 Å². The zero-order valence-electron chi connectivity index (χ0n) is 12.4. The first-order chi connectivity index (χ1) is 11.2. The lowest BCUT2D eigenvalue weighted by molar-refractivity contribution is 0.768. The van der Waals surface area contributed by atoms with Crippen molar-refractivity contribution < 1.29 is 0 Å². The van der Waals surface area contributed by atoms with Gasteiger partial charge in [-0.25, -0.2) is 4.98 Å². The van der Waals surface area contributed by atoms with Crippen LogP contribution in [-0.2, 0) is 7.05 Å². The minimum Gasteiger partial charge on any atom is -0.346 e. The highest BCUT2D eigenvalue weighted by atomic mass is 15.2. The van der Waals surface area contributed by atoms with Crippen LogP contribution in [0.2, 0.25) is 0 Å². The Morgan fingerprint density at radius 3 is 2.78 bits per heavy atom. The summed E-state index contributed by atoms with van der Waals surface area (Å²) in [5, 5.41) is 14.2. The second-order valence-electron chi connectivity index (χ2n) is 5.30. The van der Waals surface area contributed by atoms with Gasteiger partial charge in [-0.3, -0.25) is 9.67 Å². The highest BCUT2D eigenvalue weighted by Crippen LogP contribution is 2.30. The van der Waals surface area contributed by atoms with E-state index in [4.69, 9.17) is 5.26 Å². The molecule has 4 heterocycles. The Balaban J connectivity index is 1.89. The Morgan fingerprint density at radius 1 is 1.09 bits per heavy atom. The van der Waals surface area contributed by atoms with Crippen LogP contribution in [0, 0.1) is 11.3 Å². The van der Waals surface area contributed by atoms with Crippen LogP contribution in [-0.4, -0.2) is 24.7 Å². The molecule has 110 valence electrons. The number of nitrogens with one attached hydrogen (secondary N) is 1. The number of fused-ring (bicyclic) bond motifs is 1. The minimum atomic E-state index is 0.535. The van der Waals surface area contributed by atoms with Gasteiger partial charge in [-0.1, -0.05) is 0 Å². The lowest BCUT2D eigenvalue weighted by atomic mass is 10.0. The third-order valence-corrected chi connectivity index (χ3v) is 3.75. The molecule has 4 aromatic heterocycles. The first-order valence-electron chi connectivity index (χ1n) is 7.06. The molecule has 0 fully saturated rings. The fourth-order valence-corrected chi connectivity index (χ4v) is 2.62. The van der Waals surface area contributed by atoms with Crippen molar-refractivity contribution in [2.75, 3.05) is 0 Å². The van der Waals surface area contributed by atoms with Gasteiger partial charge < -0.3 is 4.98 Å². The zero-order valence-corrected chi connectivity index (χ0v) is 12.4. The standard InChI is InChI=1S/C17H12N6/c1-23-10-14(8-22-23)12-3-15-16(9-21-17(15)20-7-12)13-2-11(4-18)5-19-6-13/h2-3,5-10H,1H3,(H,20,21). The SMILES string of the molecule is Cn1cc(-c2cnc3[nH]cc(-c4cncc(C#N)c4)c3c2)cn1. The molecular weight excluding hydrogens is 288 g/mol. The highest BCUT2D eigenvalue weighted by molar-refractivity contribution is 5.95. The Kier molecular flexibility index (Phi) is 2.91. The maximum absolute atomic E-state index is 9.05. The smallest absolute Gasteiger partial charge is 0.137 e. The van der Waals surface area contributed by atoms with Crippen molar-refractivity contribution in [3.05, 3.63) is 54.9 Å². The number of hydrogen-bond acceptors (Lipinski definition) is 4. The molecule has 6 nitrogen and oxygen atoms in total. The summed E-state index contributed by atoms with van der Waals surface area (Å²) in [6.07, 6.45) is 10.8. The monoisotopic (exact) mass is 300 g/mol. The lowest BCUT2D eigenvalue weighted by Crippen LogP contribution is -1.85. The van der Waals surface area contributed by atoms with Crippen LogP contribution in [0.3, 0.4) is 0 Å². The Labute approximate surface area is 132 Å². The van der Waals surface area contributed by atoms with Crippen LogP contribution in [0.5, 0.6) is 0 Å². The van der Waals surface area contributed by atoms with E-state index in [1.54, 1.807) is 17.1 Å². The van der Waals surface area contributed by atoms with Crippen LogP contribution in [0.1, 0.15) is 5.56 Å². The molecule has 4 aromatic rings. The summed E-state index contributed by atoms with van der Waals surface area (Å²) in [5.74, 6) is 0. The van der Waals surface area contributed by atoms with Gasteiger partial charge in [0.2, 0.25) is 0 Å². The van der Waals surface area contributed by atoms with Crippen LogP contribution >= 0.6 is 0 Å². The molecule has 6 heteroatoms. The molecule has 0 aromatic carbocycles. The van der Waals surface area contributed by atoms with E-state index in [0.717, 1.165) is 33.3 Å². The van der Waals surface area contributed by atoms with Gasteiger partial charge in [0.25, 0.3) is 0 Å². The van der Waals surface area contributed by atoms with Gasteiger partial charge in [-0.05, 0) is 12.1 Å².